The second kappa shape index (κ2) is 8.25. The van der Waals surface area contributed by atoms with Crippen molar-refractivity contribution in [2.45, 2.75) is 38.2 Å². The third-order valence-corrected chi connectivity index (χ3v) is 2.82. The number of aliphatic carboxylic acids is 1. The van der Waals surface area contributed by atoms with Crippen LogP contribution in [0.15, 0.2) is 12.7 Å². The van der Waals surface area contributed by atoms with Crippen molar-refractivity contribution < 1.29 is 19.5 Å². The van der Waals surface area contributed by atoms with Gasteiger partial charge in [0.15, 0.2) is 0 Å². The Bertz CT molecular complexity index is 239. The van der Waals surface area contributed by atoms with Gasteiger partial charge in [0.25, 0.3) is 0 Å². The minimum atomic E-state index is -1.03. The first-order valence-electron chi connectivity index (χ1n) is 6.18. The Hall–Kier alpha value is -0.870. The number of carbonyl (C=O) groups excluding carboxylic acids is 1. The molecular weight excluding hydrogens is 218 g/mol. The Morgan fingerprint density at radius 3 is 2.65 bits per heavy atom. The summed E-state index contributed by atoms with van der Waals surface area (Å²) in [6, 6.07) is 0. The molecule has 1 N–H and O–H groups in total. The number of quaternary nitrogens is 1. The lowest BCUT2D eigenvalue weighted by atomic mass is 10.1. The number of hydrogen-bond acceptors (Lipinski definition) is 3. The van der Waals surface area contributed by atoms with Gasteiger partial charge in [0, 0.05) is 12.4 Å². The molecule has 4 nitrogen and oxygen atoms in total. The van der Waals surface area contributed by atoms with Crippen molar-refractivity contribution in [2.24, 2.45) is 0 Å². The van der Waals surface area contributed by atoms with E-state index < -0.39 is 5.97 Å². The summed E-state index contributed by atoms with van der Waals surface area (Å²) in [4.78, 5) is 10.4. The number of rotatable bonds is 10. The molecule has 0 saturated carbocycles. The SMILES string of the molecule is C=CCCCCC(O)C[N+](C)(C)CCC(=O)[O-]. The molecule has 0 heterocycles. The maximum Gasteiger partial charge on any atom is 0.105 e. The number of hydrogen-bond donors (Lipinski definition) is 1. The van der Waals surface area contributed by atoms with Gasteiger partial charge in [0.2, 0.25) is 0 Å². The van der Waals surface area contributed by atoms with Crippen LogP contribution in [0.3, 0.4) is 0 Å². The fourth-order valence-corrected chi connectivity index (χ4v) is 1.82. The molecule has 0 aromatic rings. The number of likely N-dealkylation sites (N-methyl/N-ethyl adjacent to an activating group) is 1. The van der Waals surface area contributed by atoms with Crippen LogP contribution in [0.25, 0.3) is 0 Å². The normalized spacial score (nSPS) is 13.4. The number of nitrogens with zero attached hydrogens (tertiary/aromatic N) is 1. The van der Waals surface area contributed by atoms with Crippen LogP contribution in [0.5, 0.6) is 0 Å². The van der Waals surface area contributed by atoms with Crippen LogP contribution < -0.4 is 5.11 Å². The summed E-state index contributed by atoms with van der Waals surface area (Å²) < 4.78 is 0.511. The number of carboxylic acid groups (broad SMARTS) is 1. The van der Waals surface area contributed by atoms with E-state index in [4.69, 9.17) is 0 Å². The van der Waals surface area contributed by atoms with Gasteiger partial charge in [-0.15, -0.1) is 6.58 Å². The largest absolute Gasteiger partial charge is 0.550 e. The zero-order valence-corrected chi connectivity index (χ0v) is 11.0. The summed E-state index contributed by atoms with van der Waals surface area (Å²) in [5.74, 6) is -1.03. The number of allylic oxidation sites excluding steroid dienone is 1. The highest BCUT2D eigenvalue weighted by Crippen LogP contribution is 2.08. The highest BCUT2D eigenvalue weighted by atomic mass is 16.4. The van der Waals surface area contributed by atoms with Gasteiger partial charge >= 0.3 is 0 Å². The van der Waals surface area contributed by atoms with E-state index in [1.807, 2.05) is 20.2 Å². The molecule has 0 aliphatic rings. The van der Waals surface area contributed by atoms with Gasteiger partial charge in [-0.1, -0.05) is 12.5 Å². The van der Waals surface area contributed by atoms with Crippen LogP contribution in [0.2, 0.25) is 0 Å². The number of unbranched alkanes of at least 4 members (excludes halogenated alkanes) is 2. The maximum atomic E-state index is 10.4. The monoisotopic (exact) mass is 243 g/mol. The fourth-order valence-electron chi connectivity index (χ4n) is 1.82. The first-order chi connectivity index (χ1) is 7.87. The number of carboxylic acids is 1. The first-order valence-corrected chi connectivity index (χ1v) is 6.18. The van der Waals surface area contributed by atoms with E-state index in [1.165, 1.54) is 0 Å². The predicted molar refractivity (Wildman–Crippen MR) is 66.1 cm³/mol. The molecule has 4 heteroatoms. The van der Waals surface area contributed by atoms with Crippen molar-refractivity contribution in [3.8, 4) is 0 Å². The van der Waals surface area contributed by atoms with E-state index in [1.54, 1.807) is 0 Å². The average molecular weight is 243 g/mol. The van der Waals surface area contributed by atoms with E-state index in [9.17, 15) is 15.0 Å². The zero-order chi connectivity index (χ0) is 13.3. The van der Waals surface area contributed by atoms with Gasteiger partial charge in [-0.05, 0) is 19.3 Å². The first kappa shape index (κ1) is 16.1. The van der Waals surface area contributed by atoms with Crippen LogP contribution in [-0.2, 0) is 4.79 Å². The molecule has 0 radical (unpaired) electrons. The van der Waals surface area contributed by atoms with Crippen molar-refractivity contribution in [2.75, 3.05) is 27.2 Å². The minimum Gasteiger partial charge on any atom is -0.550 e. The second-order valence-electron chi connectivity index (χ2n) is 5.19. The van der Waals surface area contributed by atoms with E-state index in [2.05, 4.69) is 6.58 Å². The van der Waals surface area contributed by atoms with Crippen LogP contribution >= 0.6 is 0 Å². The molecule has 0 fully saturated rings. The molecule has 1 unspecified atom stereocenters. The molecule has 0 spiro atoms. The quantitative estimate of drug-likeness (QED) is 0.341. The van der Waals surface area contributed by atoms with E-state index in [0.29, 0.717) is 17.6 Å². The third-order valence-electron chi connectivity index (χ3n) is 2.82. The molecule has 0 aromatic carbocycles. The fraction of sp³-hybridized carbons (Fsp3) is 0.769. The van der Waals surface area contributed by atoms with Gasteiger partial charge in [0.1, 0.15) is 12.6 Å². The Kier molecular flexibility index (Phi) is 7.83. The highest BCUT2D eigenvalue weighted by Gasteiger charge is 2.19. The molecule has 0 aliphatic carbocycles. The maximum absolute atomic E-state index is 10.4. The summed E-state index contributed by atoms with van der Waals surface area (Å²) >= 11 is 0. The second-order valence-corrected chi connectivity index (χ2v) is 5.19. The van der Waals surface area contributed by atoms with Gasteiger partial charge in [-0.2, -0.15) is 0 Å². The third kappa shape index (κ3) is 10.0. The van der Waals surface area contributed by atoms with E-state index >= 15 is 0 Å². The smallest absolute Gasteiger partial charge is 0.105 e. The summed E-state index contributed by atoms with van der Waals surface area (Å²) in [5.41, 5.74) is 0. The molecular formula is C13H25NO3. The van der Waals surface area contributed by atoms with Crippen molar-refractivity contribution in [3.63, 3.8) is 0 Å². The molecule has 0 aromatic heterocycles. The van der Waals surface area contributed by atoms with Crippen molar-refractivity contribution in [3.05, 3.63) is 12.7 Å². The van der Waals surface area contributed by atoms with Crippen molar-refractivity contribution in [1.29, 1.82) is 0 Å². The van der Waals surface area contributed by atoms with Crippen LogP contribution in [0, 0.1) is 0 Å². The molecule has 100 valence electrons. The molecule has 0 amide bonds. The van der Waals surface area contributed by atoms with Crippen molar-refractivity contribution in [1.82, 2.24) is 0 Å². The van der Waals surface area contributed by atoms with Gasteiger partial charge < -0.3 is 19.5 Å². The summed E-state index contributed by atoms with van der Waals surface area (Å²) in [7, 11) is 3.85. The Morgan fingerprint density at radius 2 is 2.12 bits per heavy atom. The summed E-state index contributed by atoms with van der Waals surface area (Å²) in [6.07, 6.45) is 5.33. The van der Waals surface area contributed by atoms with Gasteiger partial charge in [0.05, 0.1) is 20.6 Å². The summed E-state index contributed by atoms with van der Waals surface area (Å²) in [6.45, 7) is 4.73. The standard InChI is InChI=1S/C13H25NO3/c1-4-5-6-7-8-12(15)11-14(2,3)10-9-13(16)17/h4,12,15H,1,5-11H2,2-3H3. The predicted octanol–water partition coefficient (Wildman–Crippen LogP) is 0.310. The van der Waals surface area contributed by atoms with Crippen LogP contribution in [-0.4, -0.2) is 48.8 Å². The topological polar surface area (TPSA) is 60.4 Å². The molecule has 0 aliphatic heterocycles. The molecule has 0 rings (SSSR count). The Morgan fingerprint density at radius 1 is 1.47 bits per heavy atom. The highest BCUT2D eigenvalue weighted by molar-refractivity contribution is 5.64. The molecule has 0 saturated heterocycles. The number of aliphatic hydroxyl groups excluding tert-OH is 1. The molecule has 17 heavy (non-hydrogen) atoms. The molecule has 0 bridgehead atoms. The Labute approximate surface area is 104 Å². The lowest BCUT2D eigenvalue weighted by Crippen LogP contribution is -2.47. The van der Waals surface area contributed by atoms with Gasteiger partial charge in [-0.3, -0.25) is 0 Å². The Balaban J connectivity index is 3.79. The minimum absolute atomic E-state index is 0.0379. The average Bonchev–Trinajstić information content (AvgIpc) is 2.21. The lowest BCUT2D eigenvalue weighted by Gasteiger charge is -2.32. The van der Waals surface area contributed by atoms with Gasteiger partial charge in [-0.25, -0.2) is 0 Å². The van der Waals surface area contributed by atoms with Crippen LogP contribution in [0.1, 0.15) is 32.1 Å². The lowest BCUT2D eigenvalue weighted by molar-refractivity contribution is -0.893. The summed E-state index contributed by atoms with van der Waals surface area (Å²) in [5, 5.41) is 20.2. The van der Waals surface area contributed by atoms with Crippen LogP contribution in [0.4, 0.5) is 0 Å². The number of aliphatic hydroxyl groups is 1. The van der Waals surface area contributed by atoms with E-state index in [-0.39, 0.29) is 12.5 Å². The van der Waals surface area contributed by atoms with E-state index in [0.717, 1.165) is 25.7 Å². The molecule has 1 atom stereocenters. The number of carbonyl (C=O) groups is 1. The zero-order valence-electron chi connectivity index (χ0n) is 11.0. The van der Waals surface area contributed by atoms with Crippen molar-refractivity contribution >= 4 is 5.97 Å².